The summed E-state index contributed by atoms with van der Waals surface area (Å²) in [7, 11) is 1.64. The first-order chi connectivity index (χ1) is 9.72. The number of likely N-dealkylation sites (tertiary alicyclic amines) is 1. The van der Waals surface area contributed by atoms with Crippen molar-refractivity contribution in [2.75, 3.05) is 26.8 Å². The largest absolute Gasteiger partial charge is 0.508 e. The van der Waals surface area contributed by atoms with Crippen LogP contribution >= 0.6 is 0 Å². The molecule has 0 aliphatic carbocycles. The van der Waals surface area contributed by atoms with E-state index in [2.05, 4.69) is 11.8 Å². The van der Waals surface area contributed by atoms with Crippen molar-refractivity contribution in [2.45, 2.75) is 38.8 Å². The third-order valence-electron chi connectivity index (χ3n) is 3.70. The number of rotatable bonds is 6. The molecule has 20 heavy (non-hydrogen) atoms. The van der Waals surface area contributed by atoms with E-state index in [0.29, 0.717) is 11.9 Å². The monoisotopic (exact) mass is 279 g/mol. The summed E-state index contributed by atoms with van der Waals surface area (Å²) in [6.45, 7) is 5.71. The van der Waals surface area contributed by atoms with Crippen LogP contribution in [-0.4, -0.2) is 42.9 Å². The number of ether oxygens (including phenoxy) is 2. The SMILES string of the molecule is CCCOC1CCCN(Cc2cc(OC)ccc2O)C1. The van der Waals surface area contributed by atoms with Crippen molar-refractivity contribution in [3.05, 3.63) is 23.8 Å². The molecule has 1 aliphatic heterocycles. The van der Waals surface area contributed by atoms with E-state index in [1.165, 1.54) is 0 Å². The predicted molar refractivity (Wildman–Crippen MR) is 79.2 cm³/mol. The van der Waals surface area contributed by atoms with Crippen LogP contribution in [-0.2, 0) is 11.3 Å². The second-order valence-corrected chi connectivity index (χ2v) is 5.36. The van der Waals surface area contributed by atoms with E-state index >= 15 is 0 Å². The third-order valence-corrected chi connectivity index (χ3v) is 3.70. The first kappa shape index (κ1) is 15.1. The van der Waals surface area contributed by atoms with Crippen molar-refractivity contribution in [1.29, 1.82) is 0 Å². The molecule has 2 rings (SSSR count). The summed E-state index contributed by atoms with van der Waals surface area (Å²) in [5.74, 6) is 1.12. The highest BCUT2D eigenvalue weighted by atomic mass is 16.5. The third kappa shape index (κ3) is 4.12. The second kappa shape index (κ2) is 7.50. The summed E-state index contributed by atoms with van der Waals surface area (Å²) in [5.41, 5.74) is 0.917. The van der Waals surface area contributed by atoms with E-state index in [9.17, 15) is 5.11 Å². The Kier molecular flexibility index (Phi) is 5.68. The number of phenols is 1. The fourth-order valence-corrected chi connectivity index (χ4v) is 2.63. The van der Waals surface area contributed by atoms with Gasteiger partial charge in [0.05, 0.1) is 13.2 Å². The number of nitrogens with zero attached hydrogens (tertiary/aromatic N) is 1. The molecule has 1 saturated heterocycles. The van der Waals surface area contributed by atoms with Gasteiger partial charge in [0.25, 0.3) is 0 Å². The maximum absolute atomic E-state index is 9.95. The van der Waals surface area contributed by atoms with Gasteiger partial charge in [-0.15, -0.1) is 0 Å². The summed E-state index contributed by atoms with van der Waals surface area (Å²) in [4.78, 5) is 2.35. The quantitative estimate of drug-likeness (QED) is 0.869. The Bertz CT molecular complexity index is 422. The fraction of sp³-hybridized carbons (Fsp3) is 0.625. The van der Waals surface area contributed by atoms with E-state index in [1.807, 2.05) is 6.07 Å². The molecule has 4 nitrogen and oxygen atoms in total. The van der Waals surface area contributed by atoms with E-state index < -0.39 is 0 Å². The molecule has 1 atom stereocenters. The highest BCUT2D eigenvalue weighted by Gasteiger charge is 2.21. The molecule has 1 aromatic carbocycles. The van der Waals surface area contributed by atoms with Gasteiger partial charge in [-0.3, -0.25) is 4.90 Å². The summed E-state index contributed by atoms with van der Waals surface area (Å²) in [6, 6.07) is 5.39. The van der Waals surface area contributed by atoms with Crippen LogP contribution in [0.5, 0.6) is 11.5 Å². The van der Waals surface area contributed by atoms with Gasteiger partial charge in [-0.1, -0.05) is 6.92 Å². The lowest BCUT2D eigenvalue weighted by atomic mass is 10.1. The number of benzene rings is 1. The topological polar surface area (TPSA) is 41.9 Å². The molecule has 0 radical (unpaired) electrons. The van der Waals surface area contributed by atoms with Gasteiger partial charge in [-0.05, 0) is 44.0 Å². The molecular weight excluding hydrogens is 254 g/mol. The number of piperidine rings is 1. The first-order valence-corrected chi connectivity index (χ1v) is 7.42. The molecule has 0 amide bonds. The van der Waals surface area contributed by atoms with Crippen LogP contribution < -0.4 is 4.74 Å². The molecule has 1 fully saturated rings. The number of phenolic OH excluding ortho intramolecular Hbond substituents is 1. The molecular formula is C16H25NO3. The lowest BCUT2D eigenvalue weighted by Crippen LogP contribution is -2.39. The van der Waals surface area contributed by atoms with Crippen LogP contribution in [0.25, 0.3) is 0 Å². The zero-order valence-corrected chi connectivity index (χ0v) is 12.5. The summed E-state index contributed by atoms with van der Waals surface area (Å²) in [6.07, 6.45) is 3.68. The zero-order chi connectivity index (χ0) is 14.4. The number of methoxy groups -OCH3 is 1. The minimum Gasteiger partial charge on any atom is -0.508 e. The Morgan fingerprint density at radius 3 is 3.00 bits per heavy atom. The molecule has 0 bridgehead atoms. The normalized spacial score (nSPS) is 20.0. The maximum Gasteiger partial charge on any atom is 0.120 e. The number of aromatic hydroxyl groups is 1. The molecule has 0 spiro atoms. The fourth-order valence-electron chi connectivity index (χ4n) is 2.63. The summed E-state index contributed by atoms with van der Waals surface area (Å²) in [5, 5.41) is 9.95. The van der Waals surface area contributed by atoms with Gasteiger partial charge in [0.15, 0.2) is 0 Å². The maximum atomic E-state index is 9.95. The summed E-state index contributed by atoms with van der Waals surface area (Å²) < 4.78 is 11.1. The second-order valence-electron chi connectivity index (χ2n) is 5.36. The van der Waals surface area contributed by atoms with Crippen molar-refractivity contribution in [1.82, 2.24) is 4.90 Å². The molecule has 1 aliphatic rings. The first-order valence-electron chi connectivity index (χ1n) is 7.42. The molecule has 0 aromatic heterocycles. The minimum absolute atomic E-state index is 0.330. The molecule has 1 aromatic rings. The number of hydrogen-bond acceptors (Lipinski definition) is 4. The van der Waals surface area contributed by atoms with Crippen LogP contribution in [0.15, 0.2) is 18.2 Å². The standard InChI is InChI=1S/C16H25NO3/c1-3-9-20-15-5-4-8-17(12-15)11-13-10-14(19-2)6-7-16(13)18/h6-7,10,15,18H,3-5,8-9,11-12H2,1-2H3. The van der Waals surface area contributed by atoms with Gasteiger partial charge >= 0.3 is 0 Å². The average molecular weight is 279 g/mol. The van der Waals surface area contributed by atoms with E-state index in [-0.39, 0.29) is 0 Å². The van der Waals surface area contributed by atoms with Crippen LogP contribution in [0, 0.1) is 0 Å². The molecule has 1 N–H and O–H groups in total. The van der Waals surface area contributed by atoms with Gasteiger partial charge in [-0.25, -0.2) is 0 Å². The molecule has 112 valence electrons. The van der Waals surface area contributed by atoms with Crippen LogP contribution in [0.2, 0.25) is 0 Å². The van der Waals surface area contributed by atoms with E-state index in [1.54, 1.807) is 19.2 Å². The van der Waals surface area contributed by atoms with Gasteiger partial charge in [-0.2, -0.15) is 0 Å². The Morgan fingerprint density at radius 1 is 1.40 bits per heavy atom. The minimum atomic E-state index is 0.330. The van der Waals surface area contributed by atoms with Crippen LogP contribution in [0.4, 0.5) is 0 Å². The number of hydrogen-bond donors (Lipinski definition) is 1. The molecule has 4 heteroatoms. The van der Waals surface area contributed by atoms with Gasteiger partial charge in [0, 0.05) is 25.3 Å². The predicted octanol–water partition coefficient (Wildman–Crippen LogP) is 2.79. The average Bonchev–Trinajstić information content (AvgIpc) is 2.48. The van der Waals surface area contributed by atoms with Crippen molar-refractivity contribution in [3.8, 4) is 11.5 Å². The van der Waals surface area contributed by atoms with E-state index in [0.717, 1.165) is 56.8 Å². The smallest absolute Gasteiger partial charge is 0.120 e. The van der Waals surface area contributed by atoms with E-state index in [4.69, 9.17) is 9.47 Å². The Hall–Kier alpha value is -1.26. The highest BCUT2D eigenvalue weighted by Crippen LogP contribution is 2.25. The highest BCUT2D eigenvalue weighted by molar-refractivity contribution is 5.39. The summed E-state index contributed by atoms with van der Waals surface area (Å²) >= 11 is 0. The van der Waals surface area contributed by atoms with Crippen molar-refractivity contribution >= 4 is 0 Å². The van der Waals surface area contributed by atoms with Crippen LogP contribution in [0.1, 0.15) is 31.7 Å². The van der Waals surface area contributed by atoms with Crippen molar-refractivity contribution in [3.63, 3.8) is 0 Å². The lowest BCUT2D eigenvalue weighted by Gasteiger charge is -2.32. The van der Waals surface area contributed by atoms with Gasteiger partial charge < -0.3 is 14.6 Å². The van der Waals surface area contributed by atoms with Crippen LogP contribution in [0.3, 0.4) is 0 Å². The molecule has 1 unspecified atom stereocenters. The Morgan fingerprint density at radius 2 is 2.25 bits per heavy atom. The molecule has 0 saturated carbocycles. The van der Waals surface area contributed by atoms with Gasteiger partial charge in [0.2, 0.25) is 0 Å². The zero-order valence-electron chi connectivity index (χ0n) is 12.5. The molecule has 1 heterocycles. The Balaban J connectivity index is 1.95. The Labute approximate surface area is 121 Å². The van der Waals surface area contributed by atoms with Gasteiger partial charge in [0.1, 0.15) is 11.5 Å². The van der Waals surface area contributed by atoms with Crippen molar-refractivity contribution in [2.24, 2.45) is 0 Å². The lowest BCUT2D eigenvalue weighted by molar-refractivity contribution is -0.00239. The van der Waals surface area contributed by atoms with Crippen molar-refractivity contribution < 1.29 is 14.6 Å².